The average molecular weight is 280 g/mol. The van der Waals surface area contributed by atoms with Gasteiger partial charge in [0, 0.05) is 25.7 Å². The van der Waals surface area contributed by atoms with Gasteiger partial charge in [0.1, 0.15) is 0 Å². The first-order chi connectivity index (χ1) is 9.16. The van der Waals surface area contributed by atoms with Crippen LogP contribution in [0.2, 0.25) is 5.02 Å². The van der Waals surface area contributed by atoms with Gasteiger partial charge >= 0.3 is 0 Å². The minimum atomic E-state index is 0.00356. The number of amides is 1. The molecule has 0 bridgehead atoms. The molecule has 2 saturated heterocycles. The van der Waals surface area contributed by atoms with Crippen molar-refractivity contribution in [2.75, 3.05) is 31.9 Å². The van der Waals surface area contributed by atoms with Gasteiger partial charge in [-0.05, 0) is 31.5 Å². The number of benzene rings is 1. The number of nitrogens with two attached hydrogens (primary N) is 1. The van der Waals surface area contributed by atoms with Crippen LogP contribution in [-0.2, 0) is 0 Å². The van der Waals surface area contributed by atoms with Gasteiger partial charge in [0.15, 0.2) is 0 Å². The highest BCUT2D eigenvalue weighted by atomic mass is 35.5. The van der Waals surface area contributed by atoms with E-state index in [0.717, 1.165) is 19.6 Å². The normalized spacial score (nSPS) is 23.4. The van der Waals surface area contributed by atoms with E-state index in [2.05, 4.69) is 4.90 Å². The van der Waals surface area contributed by atoms with Gasteiger partial charge in [-0.1, -0.05) is 17.7 Å². The summed E-state index contributed by atoms with van der Waals surface area (Å²) in [5, 5.41) is 0.376. The highest BCUT2D eigenvalue weighted by molar-refractivity contribution is 6.36. The Morgan fingerprint density at radius 1 is 1.32 bits per heavy atom. The summed E-state index contributed by atoms with van der Waals surface area (Å²) in [5.74, 6) is 0.00356. The largest absolute Gasteiger partial charge is 0.398 e. The SMILES string of the molecule is Nc1cccc(C(=O)N2CCN3CCCC3C2)c1Cl. The van der Waals surface area contributed by atoms with Crippen LogP contribution in [0.15, 0.2) is 18.2 Å². The number of piperazine rings is 1. The summed E-state index contributed by atoms with van der Waals surface area (Å²) < 4.78 is 0. The molecule has 1 unspecified atom stereocenters. The number of nitrogen functional groups attached to an aromatic ring is 1. The highest BCUT2D eigenvalue weighted by Gasteiger charge is 2.33. The molecule has 4 nitrogen and oxygen atoms in total. The molecule has 3 rings (SSSR count). The topological polar surface area (TPSA) is 49.6 Å². The van der Waals surface area contributed by atoms with Crippen molar-refractivity contribution in [2.45, 2.75) is 18.9 Å². The Labute approximate surface area is 118 Å². The molecule has 102 valence electrons. The van der Waals surface area contributed by atoms with Gasteiger partial charge in [-0.3, -0.25) is 9.69 Å². The van der Waals surface area contributed by atoms with Gasteiger partial charge in [-0.15, -0.1) is 0 Å². The minimum Gasteiger partial charge on any atom is -0.398 e. The zero-order valence-electron chi connectivity index (χ0n) is 10.8. The first-order valence-corrected chi connectivity index (χ1v) is 7.12. The predicted molar refractivity (Wildman–Crippen MR) is 76.4 cm³/mol. The smallest absolute Gasteiger partial charge is 0.255 e. The number of anilines is 1. The van der Waals surface area contributed by atoms with E-state index in [1.165, 1.54) is 19.4 Å². The van der Waals surface area contributed by atoms with Gasteiger partial charge in [-0.25, -0.2) is 0 Å². The molecule has 2 heterocycles. The Hall–Kier alpha value is -1.26. The van der Waals surface area contributed by atoms with Crippen molar-refractivity contribution in [1.29, 1.82) is 0 Å². The van der Waals surface area contributed by atoms with Crippen molar-refractivity contribution in [3.05, 3.63) is 28.8 Å². The van der Waals surface area contributed by atoms with Crippen molar-refractivity contribution in [3.8, 4) is 0 Å². The fraction of sp³-hybridized carbons (Fsp3) is 0.500. The fourth-order valence-corrected chi connectivity index (χ4v) is 3.27. The number of carbonyl (C=O) groups is 1. The molecule has 1 amide bonds. The van der Waals surface area contributed by atoms with E-state index in [1.807, 2.05) is 4.90 Å². The van der Waals surface area contributed by atoms with Gasteiger partial charge < -0.3 is 10.6 Å². The Bertz CT molecular complexity index is 505. The maximum absolute atomic E-state index is 12.5. The van der Waals surface area contributed by atoms with Crippen LogP contribution in [-0.4, -0.2) is 47.9 Å². The number of fused-ring (bicyclic) bond motifs is 1. The van der Waals surface area contributed by atoms with E-state index >= 15 is 0 Å². The first kappa shape index (κ1) is 12.8. The first-order valence-electron chi connectivity index (χ1n) is 6.74. The predicted octanol–water partition coefficient (Wildman–Crippen LogP) is 1.84. The number of hydrogen-bond acceptors (Lipinski definition) is 3. The van der Waals surface area contributed by atoms with E-state index in [-0.39, 0.29) is 5.91 Å². The molecular weight excluding hydrogens is 262 g/mol. The number of nitrogens with zero attached hydrogens (tertiary/aromatic N) is 2. The molecule has 2 aliphatic heterocycles. The van der Waals surface area contributed by atoms with Crippen LogP contribution in [0.1, 0.15) is 23.2 Å². The van der Waals surface area contributed by atoms with Gasteiger partial charge in [0.2, 0.25) is 0 Å². The third-order valence-corrected chi connectivity index (χ3v) is 4.56. The Kier molecular flexibility index (Phi) is 3.37. The summed E-state index contributed by atoms with van der Waals surface area (Å²) in [4.78, 5) is 16.9. The number of carbonyl (C=O) groups excluding carboxylic acids is 1. The lowest BCUT2D eigenvalue weighted by Crippen LogP contribution is -2.52. The van der Waals surface area contributed by atoms with Gasteiger partial charge in [0.25, 0.3) is 5.91 Å². The molecule has 0 aliphatic carbocycles. The molecule has 19 heavy (non-hydrogen) atoms. The molecule has 1 aromatic carbocycles. The summed E-state index contributed by atoms with van der Waals surface area (Å²) in [6.45, 7) is 3.73. The summed E-state index contributed by atoms with van der Waals surface area (Å²) in [5.41, 5.74) is 6.75. The zero-order valence-corrected chi connectivity index (χ0v) is 11.6. The Morgan fingerprint density at radius 3 is 3.00 bits per heavy atom. The molecular formula is C14H18ClN3O. The van der Waals surface area contributed by atoms with Crippen LogP contribution < -0.4 is 5.73 Å². The Balaban J connectivity index is 1.79. The third-order valence-electron chi connectivity index (χ3n) is 4.13. The molecule has 0 radical (unpaired) electrons. The van der Waals surface area contributed by atoms with E-state index in [1.54, 1.807) is 18.2 Å². The summed E-state index contributed by atoms with van der Waals surface area (Å²) in [7, 11) is 0. The highest BCUT2D eigenvalue weighted by Crippen LogP contribution is 2.27. The van der Waals surface area contributed by atoms with Crippen molar-refractivity contribution in [2.24, 2.45) is 0 Å². The van der Waals surface area contributed by atoms with Crippen molar-refractivity contribution >= 4 is 23.2 Å². The van der Waals surface area contributed by atoms with E-state index in [0.29, 0.717) is 22.3 Å². The number of hydrogen-bond donors (Lipinski definition) is 1. The maximum atomic E-state index is 12.5. The van der Waals surface area contributed by atoms with Crippen molar-refractivity contribution in [1.82, 2.24) is 9.80 Å². The second-order valence-corrected chi connectivity index (χ2v) is 5.67. The molecule has 2 N–H and O–H groups in total. The molecule has 1 aromatic rings. The minimum absolute atomic E-state index is 0.00356. The monoisotopic (exact) mass is 279 g/mol. The lowest BCUT2D eigenvalue weighted by molar-refractivity contribution is 0.0571. The van der Waals surface area contributed by atoms with Crippen molar-refractivity contribution in [3.63, 3.8) is 0 Å². The van der Waals surface area contributed by atoms with Crippen LogP contribution in [0.5, 0.6) is 0 Å². The van der Waals surface area contributed by atoms with Gasteiger partial charge in [-0.2, -0.15) is 0 Å². The molecule has 2 aliphatic rings. The Morgan fingerprint density at radius 2 is 2.16 bits per heavy atom. The van der Waals surface area contributed by atoms with Gasteiger partial charge in [0.05, 0.1) is 16.3 Å². The number of rotatable bonds is 1. The summed E-state index contributed by atoms with van der Waals surface area (Å²) >= 11 is 6.14. The number of halogens is 1. The lowest BCUT2D eigenvalue weighted by atomic mass is 10.1. The van der Waals surface area contributed by atoms with Crippen LogP contribution in [0.25, 0.3) is 0 Å². The quantitative estimate of drug-likeness (QED) is 0.798. The third kappa shape index (κ3) is 2.30. The molecule has 2 fully saturated rings. The van der Waals surface area contributed by atoms with E-state index in [4.69, 9.17) is 17.3 Å². The summed E-state index contributed by atoms with van der Waals surface area (Å²) in [6.07, 6.45) is 2.43. The molecule has 0 aromatic heterocycles. The second-order valence-electron chi connectivity index (χ2n) is 5.29. The molecule has 5 heteroatoms. The summed E-state index contributed by atoms with van der Waals surface area (Å²) in [6, 6.07) is 5.77. The van der Waals surface area contributed by atoms with Crippen LogP contribution in [0.3, 0.4) is 0 Å². The average Bonchev–Trinajstić information content (AvgIpc) is 2.88. The van der Waals surface area contributed by atoms with E-state index < -0.39 is 0 Å². The lowest BCUT2D eigenvalue weighted by Gasteiger charge is -2.37. The zero-order chi connectivity index (χ0) is 13.4. The standard InChI is InChI=1S/C14H18ClN3O/c15-13-11(4-1-5-12(13)16)14(19)18-8-7-17-6-2-3-10(17)9-18/h1,4-5,10H,2-3,6-9,16H2. The fourth-order valence-electron chi connectivity index (χ4n) is 3.06. The van der Waals surface area contributed by atoms with Crippen LogP contribution in [0, 0.1) is 0 Å². The van der Waals surface area contributed by atoms with Crippen LogP contribution >= 0.6 is 11.6 Å². The van der Waals surface area contributed by atoms with Crippen LogP contribution in [0.4, 0.5) is 5.69 Å². The maximum Gasteiger partial charge on any atom is 0.255 e. The second kappa shape index (κ2) is 5.02. The van der Waals surface area contributed by atoms with Crippen molar-refractivity contribution < 1.29 is 4.79 Å². The molecule has 1 atom stereocenters. The molecule has 0 saturated carbocycles. The van der Waals surface area contributed by atoms with E-state index in [9.17, 15) is 4.79 Å². The molecule has 0 spiro atoms.